The fraction of sp³-hybridized carbons (Fsp3) is 0.417. The van der Waals surface area contributed by atoms with Gasteiger partial charge in [-0.25, -0.2) is 0 Å². The highest BCUT2D eigenvalue weighted by Crippen LogP contribution is 2.23. The Hall–Kier alpha value is -2.32. The maximum Gasteiger partial charge on any atom is 0.389 e. The third-order valence-corrected chi connectivity index (χ3v) is 2.66. The minimum Gasteiger partial charge on any atom is -0.393 e. The summed E-state index contributed by atoms with van der Waals surface area (Å²) < 4.78 is 35.7. The number of nitrogen functional groups attached to an aromatic ring is 1. The number of benzene rings is 1. The highest BCUT2D eigenvalue weighted by molar-refractivity contribution is 5.95. The van der Waals surface area contributed by atoms with Crippen molar-refractivity contribution in [2.45, 2.75) is 25.4 Å². The average Bonchev–Trinajstić information content (AvgIpc) is 2.36. The molecular weight excluding hydrogens is 291 g/mol. The molecule has 6 nitrogen and oxygen atoms in total. The molecule has 0 fully saturated rings. The lowest BCUT2D eigenvalue weighted by Crippen LogP contribution is -2.24. The van der Waals surface area contributed by atoms with E-state index in [9.17, 15) is 28.1 Å². The Morgan fingerprint density at radius 2 is 2.00 bits per heavy atom. The molecule has 0 saturated carbocycles. The number of carbonyl (C=O) groups is 1. The van der Waals surface area contributed by atoms with Gasteiger partial charge in [0.15, 0.2) is 0 Å². The number of rotatable bonds is 6. The van der Waals surface area contributed by atoms with Crippen molar-refractivity contribution in [2.75, 3.05) is 12.3 Å². The molecule has 0 heterocycles. The van der Waals surface area contributed by atoms with E-state index in [4.69, 9.17) is 5.73 Å². The van der Waals surface area contributed by atoms with E-state index < -0.39 is 23.4 Å². The number of halogens is 3. The minimum atomic E-state index is -4.21. The van der Waals surface area contributed by atoms with Crippen molar-refractivity contribution in [3.63, 3.8) is 0 Å². The summed E-state index contributed by atoms with van der Waals surface area (Å²) in [6, 6.07) is 3.57. The van der Waals surface area contributed by atoms with Gasteiger partial charge in [-0.3, -0.25) is 14.9 Å². The van der Waals surface area contributed by atoms with Crippen molar-refractivity contribution in [1.82, 2.24) is 5.32 Å². The number of amides is 1. The zero-order valence-corrected chi connectivity index (χ0v) is 10.9. The number of nitro groups is 1. The molecule has 0 atom stereocenters. The number of nitrogens with one attached hydrogen (secondary N) is 1. The van der Waals surface area contributed by atoms with Gasteiger partial charge in [0.05, 0.1) is 4.92 Å². The van der Waals surface area contributed by atoms with Gasteiger partial charge < -0.3 is 11.1 Å². The van der Waals surface area contributed by atoms with E-state index in [1.165, 1.54) is 12.1 Å². The van der Waals surface area contributed by atoms with Gasteiger partial charge in [-0.1, -0.05) is 0 Å². The number of anilines is 1. The van der Waals surface area contributed by atoms with E-state index in [0.29, 0.717) is 0 Å². The van der Waals surface area contributed by atoms with Crippen molar-refractivity contribution in [3.05, 3.63) is 33.9 Å². The number of hydrogen-bond donors (Lipinski definition) is 2. The Morgan fingerprint density at radius 3 is 2.57 bits per heavy atom. The Kier molecular flexibility index (Phi) is 5.51. The molecule has 1 rings (SSSR count). The van der Waals surface area contributed by atoms with E-state index >= 15 is 0 Å². The molecule has 1 aromatic rings. The van der Waals surface area contributed by atoms with Gasteiger partial charge in [-0.05, 0) is 25.0 Å². The largest absolute Gasteiger partial charge is 0.393 e. The van der Waals surface area contributed by atoms with E-state index in [1.807, 2.05) is 0 Å². The normalized spacial score (nSPS) is 11.2. The van der Waals surface area contributed by atoms with E-state index in [0.717, 1.165) is 6.07 Å². The fourth-order valence-corrected chi connectivity index (χ4v) is 1.60. The number of nitro benzene ring substituents is 1. The van der Waals surface area contributed by atoms with E-state index in [-0.39, 0.29) is 36.3 Å². The number of nitrogens with zero attached hydrogens (tertiary/aromatic N) is 1. The van der Waals surface area contributed by atoms with Crippen LogP contribution in [0.4, 0.5) is 24.5 Å². The van der Waals surface area contributed by atoms with Crippen LogP contribution in [0.3, 0.4) is 0 Å². The highest BCUT2D eigenvalue weighted by atomic mass is 19.4. The summed E-state index contributed by atoms with van der Waals surface area (Å²) >= 11 is 0. The van der Waals surface area contributed by atoms with Crippen molar-refractivity contribution >= 4 is 17.3 Å². The molecule has 0 radical (unpaired) electrons. The van der Waals surface area contributed by atoms with Gasteiger partial charge in [0, 0.05) is 24.6 Å². The van der Waals surface area contributed by atoms with Gasteiger partial charge >= 0.3 is 6.18 Å². The molecule has 21 heavy (non-hydrogen) atoms. The molecule has 0 bridgehead atoms. The first-order valence-electron chi connectivity index (χ1n) is 6.09. The van der Waals surface area contributed by atoms with Crippen molar-refractivity contribution in [2.24, 2.45) is 0 Å². The van der Waals surface area contributed by atoms with Crippen LogP contribution in [0, 0.1) is 10.1 Å². The molecule has 3 N–H and O–H groups in total. The molecule has 1 amide bonds. The predicted molar refractivity (Wildman–Crippen MR) is 69.7 cm³/mol. The summed E-state index contributed by atoms with van der Waals surface area (Å²) in [6.45, 7) is 0.0626. The monoisotopic (exact) mass is 305 g/mol. The molecule has 9 heteroatoms. The lowest BCUT2D eigenvalue weighted by molar-refractivity contribution is -0.383. The summed E-state index contributed by atoms with van der Waals surface area (Å²) in [7, 11) is 0. The summed E-state index contributed by atoms with van der Waals surface area (Å²) in [5.74, 6) is -0.592. The van der Waals surface area contributed by atoms with Crippen molar-refractivity contribution < 1.29 is 22.9 Å². The van der Waals surface area contributed by atoms with Crippen LogP contribution < -0.4 is 11.1 Å². The van der Waals surface area contributed by atoms with Crippen LogP contribution in [-0.4, -0.2) is 23.6 Å². The van der Waals surface area contributed by atoms with Crippen LogP contribution in [0.5, 0.6) is 0 Å². The van der Waals surface area contributed by atoms with Crippen molar-refractivity contribution in [3.8, 4) is 0 Å². The molecular formula is C12H14F3N3O3. The second-order valence-corrected chi connectivity index (χ2v) is 4.36. The number of carbonyl (C=O) groups excluding carboxylic acids is 1. The van der Waals surface area contributed by atoms with Gasteiger partial charge in [0.2, 0.25) is 0 Å². The number of hydrogen-bond acceptors (Lipinski definition) is 4. The van der Waals surface area contributed by atoms with E-state index in [1.54, 1.807) is 0 Å². The number of nitrogens with two attached hydrogens (primary N) is 1. The van der Waals surface area contributed by atoms with Crippen LogP contribution >= 0.6 is 0 Å². The van der Waals surface area contributed by atoms with Gasteiger partial charge in [0.1, 0.15) is 5.69 Å². The molecule has 0 aliphatic carbocycles. The minimum absolute atomic E-state index is 0.0340. The summed E-state index contributed by atoms with van der Waals surface area (Å²) in [4.78, 5) is 21.7. The first kappa shape index (κ1) is 16.7. The smallest absolute Gasteiger partial charge is 0.389 e. The second-order valence-electron chi connectivity index (χ2n) is 4.36. The quantitative estimate of drug-likeness (QED) is 0.365. The summed E-state index contributed by atoms with van der Waals surface area (Å²) in [6.07, 6.45) is -5.04. The average molecular weight is 305 g/mol. The standard InChI is InChI=1S/C12H14F3N3O3/c13-12(14,15)5-1-2-6-17-11(19)8-3-4-9(16)10(7-8)18(20)21/h3-4,7H,1-2,5-6,16H2,(H,17,19). The summed E-state index contributed by atoms with van der Waals surface area (Å²) in [5, 5.41) is 13.1. The Labute approximate surface area is 118 Å². The van der Waals surface area contributed by atoms with Crippen molar-refractivity contribution in [1.29, 1.82) is 0 Å². The van der Waals surface area contributed by atoms with Crippen LogP contribution in [0.2, 0.25) is 0 Å². The Morgan fingerprint density at radius 1 is 1.33 bits per heavy atom. The molecule has 0 aromatic heterocycles. The third-order valence-electron chi connectivity index (χ3n) is 2.66. The highest BCUT2D eigenvalue weighted by Gasteiger charge is 2.25. The summed E-state index contributed by atoms with van der Waals surface area (Å²) in [5.41, 5.74) is 4.97. The van der Waals surface area contributed by atoms with Gasteiger partial charge in [-0.2, -0.15) is 13.2 Å². The third kappa shape index (κ3) is 5.67. The van der Waals surface area contributed by atoms with Crippen LogP contribution in [-0.2, 0) is 0 Å². The molecule has 0 aliphatic rings. The molecule has 0 unspecified atom stereocenters. The van der Waals surface area contributed by atoms with Crippen LogP contribution in [0.1, 0.15) is 29.6 Å². The van der Waals surface area contributed by atoms with E-state index in [2.05, 4.69) is 5.32 Å². The number of alkyl halides is 3. The zero-order valence-electron chi connectivity index (χ0n) is 10.9. The first-order valence-corrected chi connectivity index (χ1v) is 6.09. The predicted octanol–water partition coefficient (Wildman–Crippen LogP) is 2.64. The topological polar surface area (TPSA) is 98.3 Å². The Bertz CT molecular complexity index is 532. The first-order chi connectivity index (χ1) is 9.70. The second kappa shape index (κ2) is 6.91. The molecule has 0 spiro atoms. The van der Waals surface area contributed by atoms with Crippen LogP contribution in [0.15, 0.2) is 18.2 Å². The lowest BCUT2D eigenvalue weighted by Gasteiger charge is -2.07. The number of unbranched alkanes of at least 4 members (excludes halogenated alkanes) is 1. The zero-order chi connectivity index (χ0) is 16.0. The molecule has 116 valence electrons. The fourth-order valence-electron chi connectivity index (χ4n) is 1.60. The maximum atomic E-state index is 11.9. The van der Waals surface area contributed by atoms with Crippen LogP contribution in [0.25, 0.3) is 0 Å². The Balaban J connectivity index is 2.49. The molecule has 1 aromatic carbocycles. The molecule has 0 saturated heterocycles. The molecule has 0 aliphatic heterocycles. The lowest BCUT2D eigenvalue weighted by atomic mass is 10.1. The SMILES string of the molecule is Nc1ccc(C(=O)NCCCCC(F)(F)F)cc1[N+](=O)[O-]. The van der Waals surface area contributed by atoms with Gasteiger partial charge in [0.25, 0.3) is 11.6 Å². The maximum absolute atomic E-state index is 11.9. The van der Waals surface area contributed by atoms with Gasteiger partial charge in [-0.15, -0.1) is 0 Å².